The van der Waals surface area contributed by atoms with Crippen LogP contribution < -0.4 is 15.8 Å². The number of nitrogen functional groups attached to an aromatic ring is 1. The molecule has 9 heteroatoms. The minimum Gasteiger partial charge on any atom is -0.490 e. The van der Waals surface area contributed by atoms with Gasteiger partial charge in [0.05, 0.1) is 24.4 Å². The van der Waals surface area contributed by atoms with Gasteiger partial charge in [0.25, 0.3) is 0 Å². The van der Waals surface area contributed by atoms with E-state index in [4.69, 9.17) is 10.5 Å². The molecule has 32 heavy (non-hydrogen) atoms. The van der Waals surface area contributed by atoms with Crippen molar-refractivity contribution in [2.45, 2.75) is 32.2 Å². The van der Waals surface area contributed by atoms with Gasteiger partial charge in [-0.25, -0.2) is 15.0 Å². The summed E-state index contributed by atoms with van der Waals surface area (Å²) in [5, 5.41) is 3.08. The second-order valence-electron chi connectivity index (χ2n) is 8.39. The summed E-state index contributed by atoms with van der Waals surface area (Å²) in [5.74, 6) is 1.09. The Labute approximate surface area is 187 Å². The molecule has 2 atom stereocenters. The van der Waals surface area contributed by atoms with Crippen LogP contribution in [0.3, 0.4) is 0 Å². The predicted molar refractivity (Wildman–Crippen MR) is 123 cm³/mol. The van der Waals surface area contributed by atoms with E-state index in [-0.39, 0.29) is 17.9 Å². The van der Waals surface area contributed by atoms with Crippen LogP contribution in [-0.4, -0.2) is 63.5 Å². The molecule has 1 saturated heterocycles. The summed E-state index contributed by atoms with van der Waals surface area (Å²) < 4.78 is 6.25. The summed E-state index contributed by atoms with van der Waals surface area (Å²) in [6.07, 6.45) is 9.62. The van der Waals surface area contributed by atoms with Gasteiger partial charge in [0.15, 0.2) is 5.75 Å². The first-order valence-corrected chi connectivity index (χ1v) is 10.9. The van der Waals surface area contributed by atoms with Crippen molar-refractivity contribution >= 4 is 22.8 Å². The molecule has 1 aromatic carbocycles. The molecule has 3 aromatic rings. The number of anilines is 1. The predicted octanol–water partition coefficient (Wildman–Crippen LogP) is 2.28. The summed E-state index contributed by atoms with van der Waals surface area (Å²) in [6.45, 7) is 3.94. The van der Waals surface area contributed by atoms with Crippen molar-refractivity contribution in [2.75, 3.05) is 32.5 Å². The third kappa shape index (κ3) is 4.94. The topological polar surface area (TPSA) is 119 Å². The second kappa shape index (κ2) is 9.86. The third-order valence-corrected chi connectivity index (χ3v) is 5.77. The fraction of sp³-hybridized carbons (Fsp3) is 0.435. The minimum absolute atomic E-state index is 0.0436. The van der Waals surface area contributed by atoms with Crippen molar-refractivity contribution in [2.24, 2.45) is 5.92 Å². The molecule has 1 fully saturated rings. The molecular weight excluding hydrogens is 406 g/mol. The zero-order valence-corrected chi connectivity index (χ0v) is 18.5. The quantitative estimate of drug-likeness (QED) is 0.580. The number of likely N-dealkylation sites (tertiary alicyclic amines) is 1. The highest BCUT2D eigenvalue weighted by Gasteiger charge is 2.26. The zero-order chi connectivity index (χ0) is 22.5. The highest BCUT2D eigenvalue weighted by atomic mass is 16.5. The molecule has 1 aliphatic heterocycles. The van der Waals surface area contributed by atoms with Gasteiger partial charge in [0, 0.05) is 36.0 Å². The fourth-order valence-electron chi connectivity index (χ4n) is 3.96. The number of nitrogens with one attached hydrogen (secondary N) is 1. The maximum Gasteiger partial charge on any atom is 0.237 e. The molecule has 0 spiro atoms. The van der Waals surface area contributed by atoms with Crippen LogP contribution in [0.15, 0.2) is 37.1 Å². The number of piperidine rings is 1. The number of nitrogens with zero attached hydrogens (tertiary/aromatic N) is 5. The van der Waals surface area contributed by atoms with Gasteiger partial charge in [0.1, 0.15) is 17.7 Å². The van der Waals surface area contributed by atoms with E-state index in [1.165, 1.54) is 12.5 Å². The van der Waals surface area contributed by atoms with Crippen molar-refractivity contribution in [3.8, 4) is 16.9 Å². The highest BCUT2D eigenvalue weighted by Crippen LogP contribution is 2.35. The van der Waals surface area contributed by atoms with Gasteiger partial charge < -0.3 is 15.8 Å². The lowest BCUT2D eigenvalue weighted by Gasteiger charge is -2.31. The second-order valence-corrected chi connectivity index (χ2v) is 8.39. The summed E-state index contributed by atoms with van der Waals surface area (Å²) in [5.41, 5.74) is 8.81. The van der Waals surface area contributed by atoms with Crippen LogP contribution >= 0.6 is 0 Å². The summed E-state index contributed by atoms with van der Waals surface area (Å²) in [6, 6.07) is 3.76. The maximum atomic E-state index is 12.6. The number of aromatic nitrogens is 4. The molecule has 3 heterocycles. The van der Waals surface area contributed by atoms with Crippen molar-refractivity contribution in [1.29, 1.82) is 0 Å². The van der Waals surface area contributed by atoms with Crippen molar-refractivity contribution in [1.82, 2.24) is 30.2 Å². The number of carbonyl (C=O) groups excluding carboxylic acids is 1. The Morgan fingerprint density at radius 2 is 2.09 bits per heavy atom. The molecule has 3 N–H and O–H groups in total. The first kappa shape index (κ1) is 21.9. The Hall–Kier alpha value is -3.33. The van der Waals surface area contributed by atoms with E-state index in [2.05, 4.69) is 30.2 Å². The molecule has 0 saturated carbocycles. The molecule has 0 aliphatic carbocycles. The monoisotopic (exact) mass is 435 g/mol. The summed E-state index contributed by atoms with van der Waals surface area (Å²) in [4.78, 5) is 31.8. The van der Waals surface area contributed by atoms with E-state index in [1.54, 1.807) is 12.4 Å². The van der Waals surface area contributed by atoms with Crippen molar-refractivity contribution in [3.05, 3.63) is 37.1 Å². The van der Waals surface area contributed by atoms with Crippen LogP contribution in [0.4, 0.5) is 5.82 Å². The molecule has 1 aliphatic rings. The van der Waals surface area contributed by atoms with Gasteiger partial charge in [0.2, 0.25) is 5.91 Å². The van der Waals surface area contributed by atoms with E-state index in [0.29, 0.717) is 35.8 Å². The normalized spacial score (nSPS) is 17.8. The average molecular weight is 436 g/mol. The number of hydrogen-bond donors (Lipinski definition) is 2. The minimum atomic E-state index is -0.0436. The number of benzene rings is 1. The van der Waals surface area contributed by atoms with E-state index in [1.807, 2.05) is 26.1 Å². The Bertz CT molecular complexity index is 1080. The van der Waals surface area contributed by atoms with Crippen molar-refractivity contribution < 1.29 is 9.53 Å². The van der Waals surface area contributed by atoms with Crippen LogP contribution in [0.25, 0.3) is 22.2 Å². The third-order valence-electron chi connectivity index (χ3n) is 5.77. The number of likely N-dealkylation sites (N-methyl/N-ethyl adjacent to an activating group) is 1. The zero-order valence-electron chi connectivity index (χ0n) is 18.5. The van der Waals surface area contributed by atoms with E-state index in [9.17, 15) is 4.79 Å². The lowest BCUT2D eigenvalue weighted by atomic mass is 10.0. The van der Waals surface area contributed by atoms with Crippen LogP contribution in [-0.2, 0) is 4.79 Å². The summed E-state index contributed by atoms with van der Waals surface area (Å²) >= 11 is 0. The molecule has 4 rings (SSSR count). The lowest BCUT2D eigenvalue weighted by molar-refractivity contribution is -0.127. The molecule has 2 unspecified atom stereocenters. The van der Waals surface area contributed by atoms with E-state index >= 15 is 0 Å². The van der Waals surface area contributed by atoms with Gasteiger partial charge in [-0.3, -0.25) is 14.7 Å². The molecule has 9 nitrogen and oxygen atoms in total. The highest BCUT2D eigenvalue weighted by molar-refractivity contribution is 5.90. The van der Waals surface area contributed by atoms with Crippen LogP contribution in [0.2, 0.25) is 0 Å². The van der Waals surface area contributed by atoms with Gasteiger partial charge >= 0.3 is 0 Å². The van der Waals surface area contributed by atoms with Gasteiger partial charge in [-0.1, -0.05) is 13.3 Å². The smallest absolute Gasteiger partial charge is 0.237 e. The SMILES string of the molecule is CC(CNC(=O)C1CCCCN1C)COc1c(-c2cncnc2)ccc2ncc(N)nc12. The molecular formula is C23H29N7O2. The molecule has 0 radical (unpaired) electrons. The van der Waals surface area contributed by atoms with E-state index < -0.39 is 0 Å². The van der Waals surface area contributed by atoms with Crippen LogP contribution in [0.1, 0.15) is 26.2 Å². The van der Waals surface area contributed by atoms with Gasteiger partial charge in [-0.05, 0) is 38.6 Å². The average Bonchev–Trinajstić information content (AvgIpc) is 2.81. The lowest BCUT2D eigenvalue weighted by Crippen LogP contribution is -2.48. The first-order chi connectivity index (χ1) is 15.5. The number of carbonyl (C=O) groups is 1. The molecule has 2 aromatic heterocycles. The number of nitrogens with two attached hydrogens (primary N) is 1. The number of fused-ring (bicyclic) bond motifs is 1. The molecule has 168 valence electrons. The Morgan fingerprint density at radius 3 is 2.88 bits per heavy atom. The van der Waals surface area contributed by atoms with E-state index in [0.717, 1.165) is 36.9 Å². The Balaban J connectivity index is 1.48. The van der Waals surface area contributed by atoms with Crippen molar-refractivity contribution in [3.63, 3.8) is 0 Å². The molecule has 1 amide bonds. The number of rotatable bonds is 7. The standard InChI is InChI=1S/C23H29N7O2/c1-15(9-28-23(31)19-5-3-4-8-30(19)2)13-32-22-17(16-10-25-14-26-11-16)6-7-18-21(22)29-20(24)12-27-18/h6-7,10-12,14-15,19H,3-5,8-9,13H2,1-2H3,(H2,24,29)(H,28,31). The van der Waals surface area contributed by atoms with Gasteiger partial charge in [-0.2, -0.15) is 0 Å². The number of hydrogen-bond acceptors (Lipinski definition) is 8. The maximum absolute atomic E-state index is 12.6. The molecule has 0 bridgehead atoms. The van der Waals surface area contributed by atoms with Gasteiger partial charge in [-0.15, -0.1) is 0 Å². The summed E-state index contributed by atoms with van der Waals surface area (Å²) in [7, 11) is 2.01. The number of amides is 1. The Morgan fingerprint density at radius 1 is 1.28 bits per heavy atom. The van der Waals surface area contributed by atoms with Crippen LogP contribution in [0, 0.1) is 5.92 Å². The Kier molecular flexibility index (Phi) is 6.75. The first-order valence-electron chi connectivity index (χ1n) is 10.9. The van der Waals surface area contributed by atoms with Crippen LogP contribution in [0.5, 0.6) is 5.75 Å². The number of ether oxygens (including phenoxy) is 1. The fourth-order valence-corrected chi connectivity index (χ4v) is 3.96. The largest absolute Gasteiger partial charge is 0.490 e.